The van der Waals surface area contributed by atoms with Crippen molar-refractivity contribution in [3.8, 4) is 0 Å². The van der Waals surface area contributed by atoms with Gasteiger partial charge in [0.05, 0.1) is 19.1 Å². The molecule has 6 nitrogen and oxygen atoms in total. The molecular weight excluding hydrogens is 322 g/mol. The number of hydrogen-bond acceptors (Lipinski definition) is 4. The molecule has 6 heteroatoms. The van der Waals surface area contributed by atoms with Crippen LogP contribution in [0.3, 0.4) is 0 Å². The van der Waals surface area contributed by atoms with Gasteiger partial charge >= 0.3 is 5.97 Å². The van der Waals surface area contributed by atoms with E-state index in [1.54, 1.807) is 4.90 Å². The van der Waals surface area contributed by atoms with E-state index >= 15 is 0 Å². The number of carbonyl (C=O) groups is 2. The Balaban J connectivity index is 1.81. The highest BCUT2D eigenvalue weighted by molar-refractivity contribution is 5.76. The molecular formula is C19H27NO5. The summed E-state index contributed by atoms with van der Waals surface area (Å²) in [5.41, 5.74) is 1.04. The molecule has 25 heavy (non-hydrogen) atoms. The zero-order valence-corrected chi connectivity index (χ0v) is 14.6. The minimum atomic E-state index is -0.838. The molecule has 0 bridgehead atoms. The van der Waals surface area contributed by atoms with Gasteiger partial charge in [0.1, 0.15) is 0 Å². The highest BCUT2D eigenvalue weighted by Gasteiger charge is 2.17. The number of ether oxygens (including phenoxy) is 2. The molecule has 1 heterocycles. The Bertz CT molecular complexity index is 528. The Kier molecular flexibility index (Phi) is 8.42. The van der Waals surface area contributed by atoms with Gasteiger partial charge in [-0.25, -0.2) is 0 Å². The topological polar surface area (TPSA) is 76.1 Å². The molecule has 2 rings (SSSR count). The molecule has 0 saturated carbocycles. The van der Waals surface area contributed by atoms with Crippen LogP contribution in [0.2, 0.25) is 0 Å². The molecule has 0 radical (unpaired) electrons. The monoisotopic (exact) mass is 349 g/mol. The van der Waals surface area contributed by atoms with E-state index in [4.69, 9.17) is 14.6 Å². The van der Waals surface area contributed by atoms with Crippen molar-refractivity contribution in [2.75, 3.05) is 26.4 Å². The second-order valence-electron chi connectivity index (χ2n) is 6.23. The quantitative estimate of drug-likeness (QED) is 0.702. The molecule has 0 unspecified atom stereocenters. The van der Waals surface area contributed by atoms with Crippen LogP contribution in [-0.2, 0) is 25.6 Å². The Morgan fingerprint density at radius 1 is 1.16 bits per heavy atom. The molecule has 1 aliphatic rings. The lowest BCUT2D eigenvalue weighted by molar-refractivity contribution is -0.138. The third-order valence-corrected chi connectivity index (χ3v) is 4.23. The predicted molar refractivity (Wildman–Crippen MR) is 93.1 cm³/mol. The maximum Gasteiger partial charge on any atom is 0.303 e. The maximum atomic E-state index is 12.5. The van der Waals surface area contributed by atoms with Gasteiger partial charge in [0, 0.05) is 32.7 Å². The van der Waals surface area contributed by atoms with Crippen LogP contribution >= 0.6 is 0 Å². The fourth-order valence-corrected chi connectivity index (χ4v) is 2.83. The Labute approximate surface area is 148 Å². The van der Waals surface area contributed by atoms with Crippen molar-refractivity contribution in [2.24, 2.45) is 0 Å². The van der Waals surface area contributed by atoms with E-state index in [1.807, 2.05) is 30.3 Å². The molecule has 1 amide bonds. The van der Waals surface area contributed by atoms with Gasteiger partial charge in [0.15, 0.2) is 0 Å². The average molecular weight is 349 g/mol. The summed E-state index contributed by atoms with van der Waals surface area (Å²) in [5.74, 6) is -0.837. The molecule has 1 fully saturated rings. The van der Waals surface area contributed by atoms with Crippen LogP contribution in [-0.4, -0.2) is 54.4 Å². The zero-order chi connectivity index (χ0) is 17.9. The van der Waals surface area contributed by atoms with Crippen molar-refractivity contribution >= 4 is 11.9 Å². The van der Waals surface area contributed by atoms with Gasteiger partial charge < -0.3 is 19.5 Å². The fraction of sp³-hybridized carbons (Fsp3) is 0.579. The number of hydrogen-bond donors (Lipinski definition) is 1. The highest BCUT2D eigenvalue weighted by atomic mass is 16.5. The first-order valence-corrected chi connectivity index (χ1v) is 8.88. The maximum absolute atomic E-state index is 12.5. The smallest absolute Gasteiger partial charge is 0.303 e. The van der Waals surface area contributed by atoms with E-state index in [0.29, 0.717) is 45.8 Å². The molecule has 1 saturated heterocycles. The third-order valence-electron chi connectivity index (χ3n) is 4.23. The van der Waals surface area contributed by atoms with Gasteiger partial charge in [-0.05, 0) is 24.8 Å². The van der Waals surface area contributed by atoms with Crippen LogP contribution in [0.15, 0.2) is 30.3 Å². The SMILES string of the molecule is O=C(O)CCCN(Cc1ccccc1)C(=O)CCOC1CCOCC1. The van der Waals surface area contributed by atoms with Crippen LogP contribution < -0.4 is 0 Å². The standard InChI is InChI=1S/C19H27NO5/c21-18(10-14-25-17-8-12-24-13-9-17)20(11-4-7-19(22)23)15-16-5-2-1-3-6-16/h1-3,5-6,17H,4,7-15H2,(H,22,23). The lowest BCUT2D eigenvalue weighted by Gasteiger charge is -2.25. The van der Waals surface area contributed by atoms with Gasteiger partial charge in [-0.1, -0.05) is 30.3 Å². The van der Waals surface area contributed by atoms with Crippen LogP contribution in [0.25, 0.3) is 0 Å². The minimum absolute atomic E-state index is 0.00120. The highest BCUT2D eigenvalue weighted by Crippen LogP contribution is 2.12. The lowest BCUT2D eigenvalue weighted by atomic mass is 10.1. The normalized spacial score (nSPS) is 15.0. The van der Waals surface area contributed by atoms with Crippen molar-refractivity contribution in [1.29, 1.82) is 0 Å². The van der Waals surface area contributed by atoms with Crippen molar-refractivity contribution in [1.82, 2.24) is 4.90 Å². The number of nitrogens with zero attached hydrogens (tertiary/aromatic N) is 1. The Hall–Kier alpha value is -1.92. The molecule has 0 aromatic heterocycles. The Morgan fingerprint density at radius 2 is 1.88 bits per heavy atom. The summed E-state index contributed by atoms with van der Waals surface area (Å²) in [6, 6.07) is 9.74. The summed E-state index contributed by atoms with van der Waals surface area (Å²) in [4.78, 5) is 25.0. The molecule has 1 aromatic rings. The van der Waals surface area contributed by atoms with Crippen molar-refractivity contribution in [3.05, 3.63) is 35.9 Å². The summed E-state index contributed by atoms with van der Waals surface area (Å²) < 4.78 is 11.1. The molecule has 0 spiro atoms. The average Bonchev–Trinajstić information content (AvgIpc) is 2.62. The van der Waals surface area contributed by atoms with Gasteiger partial charge in [-0.15, -0.1) is 0 Å². The lowest BCUT2D eigenvalue weighted by Crippen LogP contribution is -2.33. The summed E-state index contributed by atoms with van der Waals surface area (Å²) in [6.07, 6.45) is 2.76. The van der Waals surface area contributed by atoms with Crippen molar-refractivity contribution < 1.29 is 24.2 Å². The molecule has 0 aliphatic carbocycles. The van der Waals surface area contributed by atoms with E-state index in [-0.39, 0.29) is 18.4 Å². The molecule has 1 aromatic carbocycles. The molecule has 0 atom stereocenters. The predicted octanol–water partition coefficient (Wildman–Crippen LogP) is 2.47. The first-order chi connectivity index (χ1) is 12.1. The van der Waals surface area contributed by atoms with E-state index in [2.05, 4.69) is 0 Å². The Morgan fingerprint density at radius 3 is 2.56 bits per heavy atom. The summed E-state index contributed by atoms with van der Waals surface area (Å²) in [5, 5.41) is 8.81. The first kappa shape index (κ1) is 19.4. The minimum Gasteiger partial charge on any atom is -0.481 e. The molecule has 1 aliphatic heterocycles. The number of carboxylic acid groups (broad SMARTS) is 1. The molecule has 138 valence electrons. The van der Waals surface area contributed by atoms with Crippen molar-refractivity contribution in [2.45, 2.75) is 44.8 Å². The summed E-state index contributed by atoms with van der Waals surface area (Å²) >= 11 is 0. The number of rotatable bonds is 10. The van der Waals surface area contributed by atoms with E-state index < -0.39 is 5.97 Å². The number of carboxylic acids is 1. The van der Waals surface area contributed by atoms with Crippen LogP contribution in [0.4, 0.5) is 0 Å². The van der Waals surface area contributed by atoms with E-state index in [9.17, 15) is 9.59 Å². The summed E-state index contributed by atoms with van der Waals surface area (Å²) in [7, 11) is 0. The fourth-order valence-electron chi connectivity index (χ4n) is 2.83. The number of amides is 1. The van der Waals surface area contributed by atoms with Crippen LogP contribution in [0.1, 0.15) is 37.7 Å². The van der Waals surface area contributed by atoms with E-state index in [1.165, 1.54) is 0 Å². The number of benzene rings is 1. The van der Waals surface area contributed by atoms with Crippen molar-refractivity contribution in [3.63, 3.8) is 0 Å². The third kappa shape index (κ3) is 7.67. The van der Waals surface area contributed by atoms with Gasteiger partial charge in [0.2, 0.25) is 5.91 Å². The zero-order valence-electron chi connectivity index (χ0n) is 14.6. The largest absolute Gasteiger partial charge is 0.481 e. The van der Waals surface area contributed by atoms with Crippen LogP contribution in [0.5, 0.6) is 0 Å². The second kappa shape index (κ2) is 10.8. The van der Waals surface area contributed by atoms with Gasteiger partial charge in [-0.2, -0.15) is 0 Å². The second-order valence-corrected chi connectivity index (χ2v) is 6.23. The van der Waals surface area contributed by atoms with Gasteiger partial charge in [-0.3, -0.25) is 9.59 Å². The number of carbonyl (C=O) groups excluding carboxylic acids is 1. The molecule has 1 N–H and O–H groups in total. The van der Waals surface area contributed by atoms with E-state index in [0.717, 1.165) is 18.4 Å². The number of aliphatic carboxylic acids is 1. The van der Waals surface area contributed by atoms with Crippen LogP contribution in [0, 0.1) is 0 Å². The van der Waals surface area contributed by atoms with Gasteiger partial charge in [0.25, 0.3) is 0 Å². The first-order valence-electron chi connectivity index (χ1n) is 8.88. The summed E-state index contributed by atoms with van der Waals surface area (Å²) in [6.45, 7) is 2.77.